The molecule has 3 N–H and O–H groups in total. The molecular formula is C25H27N3O7. The second-order valence-corrected chi connectivity index (χ2v) is 8.46. The van der Waals surface area contributed by atoms with Gasteiger partial charge in [-0.15, -0.1) is 0 Å². The molecular weight excluding hydrogens is 454 g/mol. The standard InChI is InChI=1S/C25H27N3O7/c1-34-12-6-11-20(23(30)28-21(24(31)32)13-22(29)27-28)26-25(33)35-14-19-17-9-4-2-7-15(17)16-8-3-5-10-18(16)19/h2-5,7-10,19-21H,6,11-14H2,1H3,(H,26,33)(H,27,29)(H,31,32). The molecule has 184 valence electrons. The summed E-state index contributed by atoms with van der Waals surface area (Å²) in [4.78, 5) is 49.0. The predicted octanol–water partition coefficient (Wildman–Crippen LogP) is 2.04. The highest BCUT2D eigenvalue weighted by atomic mass is 16.5. The summed E-state index contributed by atoms with van der Waals surface area (Å²) in [5.41, 5.74) is 6.56. The van der Waals surface area contributed by atoms with Crippen molar-refractivity contribution in [2.45, 2.75) is 37.3 Å². The Bertz CT molecular complexity index is 1090. The van der Waals surface area contributed by atoms with E-state index in [0.29, 0.717) is 13.0 Å². The summed E-state index contributed by atoms with van der Waals surface area (Å²) in [6, 6.07) is 13.4. The van der Waals surface area contributed by atoms with Crippen LogP contribution >= 0.6 is 0 Å². The fourth-order valence-corrected chi connectivity index (χ4v) is 4.57. The fourth-order valence-electron chi connectivity index (χ4n) is 4.57. The number of ether oxygens (including phenoxy) is 2. The summed E-state index contributed by atoms with van der Waals surface area (Å²) in [5, 5.41) is 12.7. The third-order valence-electron chi connectivity index (χ3n) is 6.23. The molecule has 2 aromatic carbocycles. The Morgan fingerprint density at radius 3 is 2.34 bits per heavy atom. The van der Waals surface area contributed by atoms with Gasteiger partial charge in [0.1, 0.15) is 12.6 Å². The fraction of sp³-hybridized carbons (Fsp3) is 0.360. The SMILES string of the molecule is COCCCC(NC(=O)OCC1c2ccccc2-c2ccccc21)C(=O)N1NC(=O)CC1C(=O)O. The van der Waals surface area contributed by atoms with Crippen molar-refractivity contribution in [2.75, 3.05) is 20.3 Å². The summed E-state index contributed by atoms with van der Waals surface area (Å²) < 4.78 is 10.6. The highest BCUT2D eigenvalue weighted by Crippen LogP contribution is 2.44. The van der Waals surface area contributed by atoms with Crippen LogP contribution in [0.4, 0.5) is 4.79 Å². The van der Waals surface area contributed by atoms with Gasteiger partial charge in [-0.05, 0) is 35.1 Å². The number of nitrogens with zero attached hydrogens (tertiary/aromatic N) is 1. The second-order valence-electron chi connectivity index (χ2n) is 8.46. The van der Waals surface area contributed by atoms with E-state index in [-0.39, 0.29) is 25.4 Å². The van der Waals surface area contributed by atoms with Gasteiger partial charge in [-0.3, -0.25) is 15.0 Å². The summed E-state index contributed by atoms with van der Waals surface area (Å²) in [5.74, 6) is -2.77. The third-order valence-corrected chi connectivity index (χ3v) is 6.23. The molecule has 35 heavy (non-hydrogen) atoms. The number of aliphatic carboxylic acids is 1. The Balaban J connectivity index is 1.44. The largest absolute Gasteiger partial charge is 0.480 e. The molecule has 0 spiro atoms. The molecule has 2 atom stereocenters. The van der Waals surface area contributed by atoms with E-state index in [1.165, 1.54) is 7.11 Å². The summed E-state index contributed by atoms with van der Waals surface area (Å²) >= 11 is 0. The average Bonchev–Trinajstić information content (AvgIpc) is 3.40. The van der Waals surface area contributed by atoms with Gasteiger partial charge in [0.05, 0.1) is 6.42 Å². The highest BCUT2D eigenvalue weighted by molar-refractivity contribution is 5.96. The number of carbonyl (C=O) groups excluding carboxylic acids is 3. The molecule has 0 radical (unpaired) electrons. The van der Waals surface area contributed by atoms with E-state index in [0.717, 1.165) is 27.3 Å². The predicted molar refractivity (Wildman–Crippen MR) is 124 cm³/mol. The number of alkyl carbamates (subject to hydrolysis) is 1. The Morgan fingerprint density at radius 2 is 1.74 bits per heavy atom. The number of benzene rings is 2. The van der Waals surface area contributed by atoms with E-state index in [9.17, 15) is 24.3 Å². The average molecular weight is 482 g/mol. The van der Waals surface area contributed by atoms with Crippen molar-refractivity contribution in [3.8, 4) is 11.1 Å². The van der Waals surface area contributed by atoms with Crippen LogP contribution in [-0.2, 0) is 23.9 Å². The molecule has 1 fully saturated rings. The van der Waals surface area contributed by atoms with Crippen LogP contribution < -0.4 is 10.7 Å². The lowest BCUT2D eigenvalue weighted by molar-refractivity contribution is -0.151. The Labute approximate surface area is 202 Å². The minimum atomic E-state index is -1.34. The van der Waals surface area contributed by atoms with Crippen LogP contribution in [0.5, 0.6) is 0 Å². The van der Waals surface area contributed by atoms with Crippen LogP contribution in [0.15, 0.2) is 48.5 Å². The molecule has 1 saturated heterocycles. The van der Waals surface area contributed by atoms with Gasteiger partial charge in [0.25, 0.3) is 5.91 Å². The van der Waals surface area contributed by atoms with Crippen molar-refractivity contribution in [3.63, 3.8) is 0 Å². The number of methoxy groups -OCH3 is 1. The van der Waals surface area contributed by atoms with Crippen LogP contribution in [0, 0.1) is 0 Å². The number of amides is 3. The van der Waals surface area contributed by atoms with Crippen LogP contribution in [0.2, 0.25) is 0 Å². The maximum Gasteiger partial charge on any atom is 0.407 e. The number of nitrogens with one attached hydrogen (secondary N) is 2. The smallest absolute Gasteiger partial charge is 0.407 e. The van der Waals surface area contributed by atoms with Crippen LogP contribution in [0.1, 0.15) is 36.3 Å². The summed E-state index contributed by atoms with van der Waals surface area (Å²) in [7, 11) is 1.51. The van der Waals surface area contributed by atoms with Gasteiger partial charge in [0.2, 0.25) is 5.91 Å². The summed E-state index contributed by atoms with van der Waals surface area (Å²) in [6.45, 7) is 0.405. The number of fused-ring (bicyclic) bond motifs is 3. The number of hydrogen-bond acceptors (Lipinski definition) is 6. The monoisotopic (exact) mass is 481 g/mol. The van der Waals surface area contributed by atoms with E-state index in [1.54, 1.807) is 0 Å². The molecule has 1 aliphatic carbocycles. The molecule has 10 nitrogen and oxygen atoms in total. The lowest BCUT2D eigenvalue weighted by Crippen LogP contribution is -2.55. The zero-order chi connectivity index (χ0) is 24.9. The van der Waals surface area contributed by atoms with Crippen LogP contribution in [-0.4, -0.2) is 66.4 Å². The maximum absolute atomic E-state index is 13.1. The number of hydrogen-bond donors (Lipinski definition) is 3. The molecule has 4 rings (SSSR count). The number of carbonyl (C=O) groups is 4. The first-order chi connectivity index (χ1) is 16.9. The van der Waals surface area contributed by atoms with Gasteiger partial charge < -0.3 is 19.9 Å². The molecule has 2 aliphatic rings. The van der Waals surface area contributed by atoms with E-state index in [4.69, 9.17) is 9.47 Å². The van der Waals surface area contributed by atoms with Crippen molar-refractivity contribution in [3.05, 3.63) is 59.7 Å². The van der Waals surface area contributed by atoms with Crippen molar-refractivity contribution in [2.24, 2.45) is 0 Å². The maximum atomic E-state index is 13.1. The van der Waals surface area contributed by atoms with Crippen molar-refractivity contribution in [1.29, 1.82) is 0 Å². The lowest BCUT2D eigenvalue weighted by Gasteiger charge is -2.26. The van der Waals surface area contributed by atoms with E-state index in [2.05, 4.69) is 10.7 Å². The summed E-state index contributed by atoms with van der Waals surface area (Å²) in [6.07, 6.45) is -0.553. The van der Waals surface area contributed by atoms with Crippen LogP contribution in [0.25, 0.3) is 11.1 Å². The number of carboxylic acids is 1. The van der Waals surface area contributed by atoms with Gasteiger partial charge in [0, 0.05) is 19.6 Å². The zero-order valence-electron chi connectivity index (χ0n) is 19.2. The molecule has 0 bridgehead atoms. The molecule has 2 aromatic rings. The molecule has 0 saturated carbocycles. The van der Waals surface area contributed by atoms with Gasteiger partial charge >= 0.3 is 12.1 Å². The number of hydrazine groups is 1. The lowest BCUT2D eigenvalue weighted by atomic mass is 9.98. The minimum absolute atomic E-state index is 0.0665. The molecule has 1 heterocycles. The Kier molecular flexibility index (Phi) is 7.31. The molecule has 10 heteroatoms. The quantitative estimate of drug-likeness (QED) is 0.467. The number of rotatable bonds is 9. The first-order valence-electron chi connectivity index (χ1n) is 11.4. The first kappa shape index (κ1) is 24.2. The van der Waals surface area contributed by atoms with Gasteiger partial charge in [0.15, 0.2) is 6.04 Å². The zero-order valence-corrected chi connectivity index (χ0v) is 19.2. The van der Waals surface area contributed by atoms with Gasteiger partial charge in [-0.1, -0.05) is 48.5 Å². The van der Waals surface area contributed by atoms with E-state index < -0.39 is 36.0 Å². The van der Waals surface area contributed by atoms with Gasteiger partial charge in [-0.25, -0.2) is 14.6 Å². The van der Waals surface area contributed by atoms with Crippen molar-refractivity contribution < 1.29 is 33.8 Å². The van der Waals surface area contributed by atoms with E-state index in [1.807, 2.05) is 48.5 Å². The van der Waals surface area contributed by atoms with Crippen molar-refractivity contribution >= 4 is 23.9 Å². The molecule has 3 amide bonds. The van der Waals surface area contributed by atoms with Crippen LogP contribution in [0.3, 0.4) is 0 Å². The molecule has 0 aromatic heterocycles. The first-order valence-corrected chi connectivity index (χ1v) is 11.4. The molecule has 2 unspecified atom stereocenters. The highest BCUT2D eigenvalue weighted by Gasteiger charge is 2.42. The third kappa shape index (κ3) is 5.12. The van der Waals surface area contributed by atoms with E-state index >= 15 is 0 Å². The second kappa shape index (κ2) is 10.6. The van der Waals surface area contributed by atoms with Crippen molar-refractivity contribution in [1.82, 2.24) is 15.8 Å². The molecule has 1 aliphatic heterocycles. The Morgan fingerprint density at radius 1 is 1.11 bits per heavy atom. The van der Waals surface area contributed by atoms with Gasteiger partial charge in [-0.2, -0.15) is 0 Å². The minimum Gasteiger partial charge on any atom is -0.480 e. The topological polar surface area (TPSA) is 134 Å². The normalized spacial score (nSPS) is 17.3. The Hall–Kier alpha value is -3.92. The number of carboxylic acid groups (broad SMARTS) is 1.